The highest BCUT2D eigenvalue weighted by molar-refractivity contribution is 7.99. The van der Waals surface area contributed by atoms with Crippen molar-refractivity contribution >= 4 is 28.8 Å². The largest absolute Gasteiger partial charge is 0.506 e. The third-order valence-corrected chi connectivity index (χ3v) is 5.67. The van der Waals surface area contributed by atoms with Gasteiger partial charge in [-0.25, -0.2) is 0 Å². The normalized spacial score (nSPS) is 13.7. The van der Waals surface area contributed by atoms with E-state index in [-0.39, 0.29) is 11.8 Å². The summed E-state index contributed by atoms with van der Waals surface area (Å²) in [5.74, 6) is 0.289. The van der Waals surface area contributed by atoms with Crippen LogP contribution in [-0.2, 0) is 0 Å². The summed E-state index contributed by atoms with van der Waals surface area (Å²) in [5, 5.41) is 13.6. The highest BCUT2D eigenvalue weighted by Crippen LogP contribution is 2.47. The van der Waals surface area contributed by atoms with Gasteiger partial charge in [-0.2, -0.15) is 0 Å². The number of aryl methyl sites for hydroxylation is 1. The van der Waals surface area contributed by atoms with Crippen LogP contribution < -0.4 is 10.2 Å². The highest BCUT2D eigenvalue weighted by Gasteiger charge is 2.24. The van der Waals surface area contributed by atoms with Crippen molar-refractivity contribution in [2.24, 2.45) is 0 Å². The van der Waals surface area contributed by atoms with E-state index in [1.54, 1.807) is 6.07 Å². The van der Waals surface area contributed by atoms with Crippen molar-refractivity contribution in [1.82, 2.24) is 0 Å². The summed E-state index contributed by atoms with van der Waals surface area (Å²) >= 11 is 1.82. The second-order valence-corrected chi connectivity index (χ2v) is 7.80. The van der Waals surface area contributed by atoms with Gasteiger partial charge >= 0.3 is 0 Å². The van der Waals surface area contributed by atoms with Crippen LogP contribution in [0.25, 0.3) is 0 Å². The number of anilines is 3. The second kappa shape index (κ2) is 6.96. The smallest absolute Gasteiger partial charge is 0.138 e. The zero-order valence-electron chi connectivity index (χ0n) is 14.9. The summed E-state index contributed by atoms with van der Waals surface area (Å²) in [6.45, 7) is 4.99. The number of phenols is 1. The minimum atomic E-state index is 0.159. The lowest BCUT2D eigenvalue weighted by atomic mass is 10.1. The first-order valence-corrected chi connectivity index (χ1v) is 9.63. The maximum atomic E-state index is 10.1. The summed E-state index contributed by atoms with van der Waals surface area (Å²) in [5.41, 5.74) is 4.38. The molecule has 3 aromatic rings. The van der Waals surface area contributed by atoms with E-state index in [0.29, 0.717) is 0 Å². The first-order chi connectivity index (χ1) is 12.6. The second-order valence-electron chi connectivity index (χ2n) is 6.71. The molecule has 1 heterocycles. The number of aromatic hydroxyl groups is 1. The molecule has 0 radical (unpaired) electrons. The number of benzene rings is 3. The van der Waals surface area contributed by atoms with Crippen LogP contribution in [0, 0.1) is 6.92 Å². The van der Waals surface area contributed by atoms with E-state index in [0.717, 1.165) is 17.8 Å². The Hall–Kier alpha value is -2.59. The number of para-hydroxylation sites is 2. The summed E-state index contributed by atoms with van der Waals surface area (Å²) < 4.78 is 0. The SMILES string of the molecule is Cc1ccc(O)c(NC(C)CN2c3ccccc3Sc3ccccc32)c1. The maximum Gasteiger partial charge on any atom is 0.138 e. The van der Waals surface area contributed by atoms with E-state index in [1.165, 1.54) is 21.2 Å². The fraction of sp³-hybridized carbons (Fsp3) is 0.182. The third kappa shape index (κ3) is 3.25. The van der Waals surface area contributed by atoms with Crippen molar-refractivity contribution in [1.29, 1.82) is 0 Å². The van der Waals surface area contributed by atoms with E-state index in [4.69, 9.17) is 0 Å². The van der Waals surface area contributed by atoms with E-state index < -0.39 is 0 Å². The molecule has 1 aliphatic heterocycles. The van der Waals surface area contributed by atoms with Crippen molar-refractivity contribution < 1.29 is 5.11 Å². The van der Waals surface area contributed by atoms with Gasteiger partial charge in [0.25, 0.3) is 0 Å². The van der Waals surface area contributed by atoms with Gasteiger partial charge < -0.3 is 15.3 Å². The van der Waals surface area contributed by atoms with Crippen LogP contribution in [0.15, 0.2) is 76.5 Å². The van der Waals surface area contributed by atoms with Gasteiger partial charge in [0.1, 0.15) is 5.75 Å². The van der Waals surface area contributed by atoms with Crippen LogP contribution in [-0.4, -0.2) is 17.7 Å². The number of hydrogen-bond acceptors (Lipinski definition) is 4. The average molecular weight is 362 g/mol. The Morgan fingerprint density at radius 3 is 2.23 bits per heavy atom. The zero-order chi connectivity index (χ0) is 18.1. The molecule has 0 fully saturated rings. The average Bonchev–Trinajstić information content (AvgIpc) is 2.64. The Morgan fingerprint density at radius 2 is 1.58 bits per heavy atom. The van der Waals surface area contributed by atoms with Crippen LogP contribution in [0.5, 0.6) is 5.75 Å². The predicted octanol–water partition coefficient (Wildman–Crippen LogP) is 5.80. The summed E-state index contributed by atoms with van der Waals surface area (Å²) in [6.07, 6.45) is 0. The summed E-state index contributed by atoms with van der Waals surface area (Å²) in [6, 6.07) is 22.9. The maximum absolute atomic E-state index is 10.1. The van der Waals surface area contributed by atoms with Crippen LogP contribution in [0.1, 0.15) is 12.5 Å². The molecule has 2 N–H and O–H groups in total. The van der Waals surface area contributed by atoms with E-state index in [2.05, 4.69) is 65.7 Å². The Kier molecular flexibility index (Phi) is 4.51. The van der Waals surface area contributed by atoms with Crippen LogP contribution in [0.4, 0.5) is 17.1 Å². The van der Waals surface area contributed by atoms with Crippen molar-refractivity contribution in [3.05, 3.63) is 72.3 Å². The molecular formula is C22H22N2OS. The van der Waals surface area contributed by atoms with Gasteiger partial charge in [0.05, 0.1) is 17.1 Å². The predicted molar refractivity (Wildman–Crippen MR) is 110 cm³/mol. The lowest BCUT2D eigenvalue weighted by Crippen LogP contribution is -2.33. The van der Waals surface area contributed by atoms with Gasteiger partial charge in [0.15, 0.2) is 0 Å². The number of fused-ring (bicyclic) bond motifs is 2. The van der Waals surface area contributed by atoms with Gasteiger partial charge in [-0.05, 0) is 55.8 Å². The van der Waals surface area contributed by atoms with Gasteiger partial charge in [-0.15, -0.1) is 0 Å². The van der Waals surface area contributed by atoms with Gasteiger partial charge in [0.2, 0.25) is 0 Å². The lowest BCUT2D eigenvalue weighted by molar-refractivity contribution is 0.476. The van der Waals surface area contributed by atoms with Crippen molar-refractivity contribution in [2.45, 2.75) is 29.7 Å². The number of phenolic OH excluding ortho intramolecular Hbond substituents is 1. The molecule has 0 aliphatic carbocycles. The first-order valence-electron chi connectivity index (χ1n) is 8.81. The molecule has 1 atom stereocenters. The third-order valence-electron chi connectivity index (χ3n) is 4.54. The molecule has 0 amide bonds. The quantitative estimate of drug-likeness (QED) is 0.575. The van der Waals surface area contributed by atoms with Gasteiger partial charge in [-0.3, -0.25) is 0 Å². The summed E-state index contributed by atoms with van der Waals surface area (Å²) in [7, 11) is 0. The number of hydrogen-bond donors (Lipinski definition) is 2. The molecule has 4 rings (SSSR count). The summed E-state index contributed by atoms with van der Waals surface area (Å²) in [4.78, 5) is 4.92. The number of nitrogens with one attached hydrogen (secondary N) is 1. The van der Waals surface area contributed by atoms with Crippen LogP contribution in [0.2, 0.25) is 0 Å². The minimum Gasteiger partial charge on any atom is -0.506 e. The molecule has 0 bridgehead atoms. The lowest BCUT2D eigenvalue weighted by Gasteiger charge is -2.35. The Morgan fingerprint density at radius 1 is 0.962 bits per heavy atom. The van der Waals surface area contributed by atoms with Crippen LogP contribution >= 0.6 is 11.8 Å². The van der Waals surface area contributed by atoms with Gasteiger partial charge in [-0.1, -0.05) is 42.1 Å². The van der Waals surface area contributed by atoms with Gasteiger partial charge in [0, 0.05) is 22.4 Å². The fourth-order valence-corrected chi connectivity index (χ4v) is 4.42. The Bertz CT molecular complexity index is 895. The standard InChI is InChI=1S/C22H22N2OS/c1-15-11-12-20(25)17(13-15)23-16(2)14-24-18-7-3-5-9-21(18)26-22-10-6-4-8-19(22)24/h3-13,16,23,25H,14H2,1-2H3. The molecule has 0 spiro atoms. The number of nitrogens with zero attached hydrogens (tertiary/aromatic N) is 1. The van der Waals surface area contributed by atoms with E-state index in [9.17, 15) is 5.11 Å². The molecule has 1 aliphatic rings. The molecule has 0 saturated carbocycles. The van der Waals surface area contributed by atoms with Crippen LogP contribution in [0.3, 0.4) is 0 Å². The molecular weight excluding hydrogens is 340 g/mol. The molecule has 0 saturated heterocycles. The zero-order valence-corrected chi connectivity index (χ0v) is 15.8. The Balaban J connectivity index is 1.62. The molecule has 132 valence electrons. The molecule has 0 aromatic heterocycles. The minimum absolute atomic E-state index is 0.159. The molecule has 26 heavy (non-hydrogen) atoms. The van der Waals surface area contributed by atoms with Crippen molar-refractivity contribution in [3.8, 4) is 5.75 Å². The number of rotatable bonds is 4. The van der Waals surface area contributed by atoms with E-state index in [1.807, 2.05) is 30.8 Å². The first kappa shape index (κ1) is 16.9. The highest BCUT2D eigenvalue weighted by atomic mass is 32.2. The fourth-order valence-electron chi connectivity index (χ4n) is 3.33. The topological polar surface area (TPSA) is 35.5 Å². The van der Waals surface area contributed by atoms with Crippen molar-refractivity contribution in [2.75, 3.05) is 16.8 Å². The molecule has 4 heteroatoms. The molecule has 1 unspecified atom stereocenters. The Labute approximate surface area is 158 Å². The molecule has 3 aromatic carbocycles. The monoisotopic (exact) mass is 362 g/mol. The van der Waals surface area contributed by atoms with Crippen molar-refractivity contribution in [3.63, 3.8) is 0 Å². The molecule has 3 nitrogen and oxygen atoms in total. The van der Waals surface area contributed by atoms with E-state index >= 15 is 0 Å².